The van der Waals surface area contributed by atoms with Crippen LogP contribution in [0.25, 0.3) is 22.2 Å². The number of nitrogens with zero attached hydrogens (tertiary/aromatic N) is 5. The number of H-pyrrole nitrogens is 1. The lowest BCUT2D eigenvalue weighted by Crippen LogP contribution is -2.12. The number of para-hydroxylation sites is 3. The highest BCUT2D eigenvalue weighted by Crippen LogP contribution is 2.23. The van der Waals surface area contributed by atoms with E-state index in [-0.39, 0.29) is 0 Å². The Labute approximate surface area is 172 Å². The molecule has 9 heteroatoms. The summed E-state index contributed by atoms with van der Waals surface area (Å²) < 4.78 is 7.69. The molecule has 5 aromatic rings. The van der Waals surface area contributed by atoms with Crippen LogP contribution in [0.4, 0.5) is 17.7 Å². The molecule has 3 aromatic heterocycles. The predicted molar refractivity (Wildman–Crippen MR) is 116 cm³/mol. The summed E-state index contributed by atoms with van der Waals surface area (Å²) in [7, 11) is 1.96. The van der Waals surface area contributed by atoms with Gasteiger partial charge in [-0.1, -0.05) is 30.3 Å². The SMILES string of the molecule is Cn1c(Nc2nc3ncnc(NCCOc4ccccc4)c3[nH]2)nc2ccccc21. The van der Waals surface area contributed by atoms with Gasteiger partial charge in [0.2, 0.25) is 11.9 Å². The Kier molecular flexibility index (Phi) is 4.60. The van der Waals surface area contributed by atoms with E-state index < -0.39 is 0 Å². The van der Waals surface area contributed by atoms with E-state index in [9.17, 15) is 0 Å². The summed E-state index contributed by atoms with van der Waals surface area (Å²) >= 11 is 0. The van der Waals surface area contributed by atoms with Gasteiger partial charge in [0.05, 0.1) is 17.6 Å². The van der Waals surface area contributed by atoms with Crippen LogP contribution in [-0.4, -0.2) is 42.6 Å². The Balaban J connectivity index is 1.31. The van der Waals surface area contributed by atoms with E-state index in [2.05, 4.69) is 35.6 Å². The smallest absolute Gasteiger partial charge is 0.210 e. The molecule has 5 rings (SSSR count). The quantitative estimate of drug-likeness (QED) is 0.359. The maximum atomic E-state index is 5.71. The number of imidazole rings is 2. The minimum absolute atomic E-state index is 0.509. The number of ether oxygens (including phenoxy) is 1. The predicted octanol–water partition coefficient (Wildman–Crippen LogP) is 3.47. The monoisotopic (exact) mass is 400 g/mol. The van der Waals surface area contributed by atoms with E-state index in [1.165, 1.54) is 6.33 Å². The molecule has 150 valence electrons. The second kappa shape index (κ2) is 7.70. The Bertz CT molecular complexity index is 1290. The fourth-order valence-corrected chi connectivity index (χ4v) is 3.24. The number of aromatic amines is 1. The lowest BCUT2D eigenvalue weighted by molar-refractivity contribution is 0.333. The minimum Gasteiger partial charge on any atom is -0.492 e. The lowest BCUT2D eigenvalue weighted by atomic mass is 10.3. The van der Waals surface area contributed by atoms with E-state index >= 15 is 0 Å². The fraction of sp³-hybridized carbons (Fsp3) is 0.143. The van der Waals surface area contributed by atoms with Crippen LogP contribution < -0.4 is 15.4 Å². The van der Waals surface area contributed by atoms with Crippen LogP contribution in [0.5, 0.6) is 5.75 Å². The number of hydrogen-bond donors (Lipinski definition) is 3. The summed E-state index contributed by atoms with van der Waals surface area (Å²) in [6.07, 6.45) is 1.49. The van der Waals surface area contributed by atoms with Gasteiger partial charge in [0.1, 0.15) is 24.2 Å². The lowest BCUT2D eigenvalue weighted by Gasteiger charge is -2.08. The second-order valence-corrected chi connectivity index (χ2v) is 6.70. The van der Waals surface area contributed by atoms with Crippen molar-refractivity contribution in [2.45, 2.75) is 0 Å². The molecule has 0 saturated carbocycles. The summed E-state index contributed by atoms with van der Waals surface area (Å²) in [6.45, 7) is 1.10. The largest absolute Gasteiger partial charge is 0.492 e. The molecule has 9 nitrogen and oxygen atoms in total. The first-order valence-electron chi connectivity index (χ1n) is 9.59. The van der Waals surface area contributed by atoms with E-state index in [1.54, 1.807) is 0 Å². The molecule has 0 aliphatic heterocycles. The van der Waals surface area contributed by atoms with Gasteiger partial charge in [-0.25, -0.2) is 15.0 Å². The first-order valence-corrected chi connectivity index (χ1v) is 9.59. The van der Waals surface area contributed by atoms with Gasteiger partial charge >= 0.3 is 0 Å². The maximum Gasteiger partial charge on any atom is 0.210 e. The van der Waals surface area contributed by atoms with Crippen molar-refractivity contribution in [1.82, 2.24) is 29.5 Å². The van der Waals surface area contributed by atoms with Gasteiger partial charge in [0.25, 0.3) is 0 Å². The molecule has 0 aliphatic rings. The molecule has 3 heterocycles. The highest BCUT2D eigenvalue weighted by atomic mass is 16.5. The van der Waals surface area contributed by atoms with Crippen molar-refractivity contribution >= 4 is 39.9 Å². The van der Waals surface area contributed by atoms with E-state index in [4.69, 9.17) is 4.74 Å². The Hall–Kier alpha value is -4.14. The normalized spacial score (nSPS) is 11.1. The van der Waals surface area contributed by atoms with Gasteiger partial charge in [0, 0.05) is 7.05 Å². The highest BCUT2D eigenvalue weighted by Gasteiger charge is 2.12. The first kappa shape index (κ1) is 17.9. The zero-order valence-electron chi connectivity index (χ0n) is 16.3. The molecule has 3 N–H and O–H groups in total. The molecule has 0 radical (unpaired) electrons. The molecule has 30 heavy (non-hydrogen) atoms. The molecule has 2 aromatic carbocycles. The van der Waals surface area contributed by atoms with Gasteiger partial charge in [-0.05, 0) is 24.3 Å². The molecule has 0 amide bonds. The Morgan fingerprint density at radius 3 is 2.70 bits per heavy atom. The average Bonchev–Trinajstić information content (AvgIpc) is 3.33. The molecular weight excluding hydrogens is 380 g/mol. The fourth-order valence-electron chi connectivity index (χ4n) is 3.24. The topological polar surface area (TPSA) is 106 Å². The zero-order valence-corrected chi connectivity index (χ0v) is 16.3. The van der Waals surface area contributed by atoms with Crippen LogP contribution in [0.1, 0.15) is 0 Å². The number of hydrogen-bond acceptors (Lipinski definition) is 7. The maximum absolute atomic E-state index is 5.71. The summed E-state index contributed by atoms with van der Waals surface area (Å²) in [4.78, 5) is 20.9. The van der Waals surface area contributed by atoms with Crippen molar-refractivity contribution < 1.29 is 4.74 Å². The third-order valence-electron chi connectivity index (χ3n) is 4.71. The first-order chi connectivity index (χ1) is 14.8. The van der Waals surface area contributed by atoms with Crippen molar-refractivity contribution in [2.75, 3.05) is 23.8 Å². The molecule has 0 atom stereocenters. The molecule has 0 bridgehead atoms. The van der Waals surface area contributed by atoms with E-state index in [0.29, 0.717) is 36.5 Å². The van der Waals surface area contributed by atoms with Crippen LogP contribution >= 0.6 is 0 Å². The van der Waals surface area contributed by atoms with Crippen LogP contribution in [-0.2, 0) is 7.05 Å². The van der Waals surface area contributed by atoms with Gasteiger partial charge in [0.15, 0.2) is 11.5 Å². The van der Waals surface area contributed by atoms with Crippen LogP contribution in [0, 0.1) is 0 Å². The van der Waals surface area contributed by atoms with Gasteiger partial charge < -0.3 is 19.6 Å². The highest BCUT2D eigenvalue weighted by molar-refractivity contribution is 5.85. The van der Waals surface area contributed by atoms with Crippen molar-refractivity contribution in [3.8, 4) is 5.75 Å². The third-order valence-corrected chi connectivity index (χ3v) is 4.71. The van der Waals surface area contributed by atoms with Crippen LogP contribution in [0.2, 0.25) is 0 Å². The number of benzene rings is 2. The Morgan fingerprint density at radius 1 is 1.00 bits per heavy atom. The molecular formula is C21H20N8O. The van der Waals surface area contributed by atoms with Crippen molar-refractivity contribution in [2.24, 2.45) is 7.05 Å². The number of anilines is 3. The van der Waals surface area contributed by atoms with Crippen LogP contribution in [0.15, 0.2) is 60.9 Å². The number of nitrogens with one attached hydrogen (secondary N) is 3. The number of fused-ring (bicyclic) bond motifs is 2. The van der Waals surface area contributed by atoms with E-state index in [0.717, 1.165) is 22.3 Å². The molecule has 0 fully saturated rings. The average molecular weight is 400 g/mol. The number of rotatable bonds is 7. The molecule has 0 aliphatic carbocycles. The number of aromatic nitrogens is 6. The van der Waals surface area contributed by atoms with Crippen molar-refractivity contribution in [3.05, 3.63) is 60.9 Å². The zero-order chi connectivity index (χ0) is 20.3. The summed E-state index contributed by atoms with van der Waals surface area (Å²) in [5.41, 5.74) is 3.24. The van der Waals surface area contributed by atoms with Crippen LogP contribution in [0.3, 0.4) is 0 Å². The molecule has 0 saturated heterocycles. The Morgan fingerprint density at radius 2 is 1.83 bits per heavy atom. The summed E-state index contributed by atoms with van der Waals surface area (Å²) in [6, 6.07) is 17.7. The van der Waals surface area contributed by atoms with Gasteiger partial charge in [-0.2, -0.15) is 4.98 Å². The summed E-state index contributed by atoms with van der Waals surface area (Å²) in [5, 5.41) is 6.50. The molecule has 0 unspecified atom stereocenters. The second-order valence-electron chi connectivity index (χ2n) is 6.70. The van der Waals surface area contributed by atoms with Crippen molar-refractivity contribution in [3.63, 3.8) is 0 Å². The number of aryl methyl sites for hydroxylation is 1. The van der Waals surface area contributed by atoms with E-state index in [1.807, 2.05) is 66.2 Å². The minimum atomic E-state index is 0.509. The molecule has 0 spiro atoms. The van der Waals surface area contributed by atoms with Gasteiger partial charge in [-0.3, -0.25) is 5.32 Å². The van der Waals surface area contributed by atoms with Gasteiger partial charge in [-0.15, -0.1) is 0 Å². The third kappa shape index (κ3) is 3.48. The summed E-state index contributed by atoms with van der Waals surface area (Å²) in [5.74, 6) is 2.74. The van der Waals surface area contributed by atoms with Crippen molar-refractivity contribution in [1.29, 1.82) is 0 Å². The standard InChI is InChI=1S/C21H20N8O/c1-29-16-10-6-5-9-15(16)25-21(29)28-20-26-17-18(23-13-24-19(17)27-20)22-11-12-30-14-7-3-2-4-8-14/h2-10,13H,11-12H2,1H3,(H3,22,23,24,25,26,27,28).